The Morgan fingerprint density at radius 3 is 2.30 bits per heavy atom. The van der Waals surface area contributed by atoms with Gasteiger partial charge in [0.2, 0.25) is 5.78 Å². The molecular weight excluding hydrogens is 666 g/mol. The summed E-state index contributed by atoms with van der Waals surface area (Å²) in [6, 6.07) is 2.75. The molecule has 46 heavy (non-hydrogen) atoms. The van der Waals surface area contributed by atoms with E-state index in [4.69, 9.17) is 23.2 Å². The van der Waals surface area contributed by atoms with E-state index in [-0.39, 0.29) is 62.0 Å². The van der Waals surface area contributed by atoms with E-state index in [1.807, 2.05) is 0 Å². The predicted molar refractivity (Wildman–Crippen MR) is 169 cm³/mol. The fraction of sp³-hybridized carbons (Fsp3) is 0.552. The smallest absolute Gasteiger partial charge is 0.308 e. The number of likely N-dealkylation sites (N-methyl/N-ethyl adjacent to an activating group) is 1. The van der Waals surface area contributed by atoms with Crippen molar-refractivity contribution in [1.82, 2.24) is 19.7 Å². The number of aliphatic hydroxyl groups is 5. The minimum Gasteiger partial charge on any atom is -0.508 e. The van der Waals surface area contributed by atoms with Crippen molar-refractivity contribution in [2.45, 2.75) is 37.0 Å². The highest BCUT2D eigenvalue weighted by atomic mass is 35.5. The van der Waals surface area contributed by atoms with Gasteiger partial charge in [0.25, 0.3) is 5.91 Å². The minimum atomic E-state index is -4.16. The standard InChI is InChI=1S/C29H39Cl2N4O10P/c1-28(43)15-6-4-7-18(37)19(15)23(38)20-16(28)14-17-22(34(2)3)24(39)21(26(41)29(17,44)25(20)40)27(42)33-46(45,32-10-5-13-36)35(11-8-30)12-9-31/h4,6-7,16-17,22,36-38,41,43-44H,5,8-14H2,1-3H3,(H2,32,33,42,45)/t16-,17-,22-,28+,29-,46-/m0/s1. The van der Waals surface area contributed by atoms with Crippen LogP contribution >= 0.6 is 30.8 Å². The summed E-state index contributed by atoms with van der Waals surface area (Å²) >= 11 is 11.8. The summed E-state index contributed by atoms with van der Waals surface area (Å²) in [5.41, 5.74) is -6.47. The van der Waals surface area contributed by atoms with Gasteiger partial charge in [-0.3, -0.25) is 28.9 Å². The van der Waals surface area contributed by atoms with E-state index < -0.39 is 82.6 Å². The number of carbonyl (C=O) groups is 3. The quantitative estimate of drug-likeness (QED) is 0.0663. The lowest BCUT2D eigenvalue weighted by molar-refractivity contribution is -0.159. The van der Waals surface area contributed by atoms with E-state index in [2.05, 4.69) is 10.2 Å². The average Bonchev–Trinajstić information content (AvgIpc) is 2.97. The number of rotatable bonds is 12. The molecule has 0 aromatic heterocycles. The van der Waals surface area contributed by atoms with E-state index in [0.717, 1.165) is 0 Å². The van der Waals surface area contributed by atoms with Crippen LogP contribution in [-0.2, 0) is 24.5 Å². The van der Waals surface area contributed by atoms with Gasteiger partial charge < -0.3 is 30.6 Å². The third kappa shape index (κ3) is 5.78. The van der Waals surface area contributed by atoms with Crippen LogP contribution in [0.25, 0.3) is 5.76 Å². The van der Waals surface area contributed by atoms with Crippen molar-refractivity contribution < 1.29 is 49.6 Å². The monoisotopic (exact) mass is 704 g/mol. The normalized spacial score (nSPS) is 29.0. The van der Waals surface area contributed by atoms with Gasteiger partial charge in [-0.25, -0.2) is 9.76 Å². The molecule has 0 unspecified atom stereocenters. The zero-order valence-corrected chi connectivity index (χ0v) is 27.9. The summed E-state index contributed by atoms with van der Waals surface area (Å²) in [5, 5.41) is 71.3. The van der Waals surface area contributed by atoms with E-state index in [0.29, 0.717) is 0 Å². The molecule has 0 spiro atoms. The predicted octanol–water partition coefficient (Wildman–Crippen LogP) is 1.12. The van der Waals surface area contributed by atoms with Crippen LogP contribution in [0.2, 0.25) is 0 Å². The molecule has 8 N–H and O–H groups in total. The number of hydrogen-bond donors (Lipinski definition) is 8. The van der Waals surface area contributed by atoms with E-state index in [1.165, 1.54) is 48.8 Å². The number of aliphatic hydroxyl groups excluding tert-OH is 3. The molecule has 1 amide bonds. The maximum atomic E-state index is 14.3. The Morgan fingerprint density at radius 2 is 1.74 bits per heavy atom. The first-order valence-corrected chi connectivity index (χ1v) is 17.3. The molecule has 0 radical (unpaired) electrons. The van der Waals surface area contributed by atoms with Gasteiger partial charge in [0.15, 0.2) is 11.4 Å². The van der Waals surface area contributed by atoms with Crippen molar-refractivity contribution in [3.63, 3.8) is 0 Å². The lowest BCUT2D eigenvalue weighted by Crippen LogP contribution is -2.67. The van der Waals surface area contributed by atoms with Crippen LogP contribution in [0.15, 0.2) is 35.1 Å². The van der Waals surface area contributed by atoms with Crippen molar-refractivity contribution >= 4 is 54.0 Å². The number of hydrogen-bond acceptors (Lipinski definition) is 11. The Bertz CT molecular complexity index is 1530. The first-order valence-electron chi connectivity index (χ1n) is 14.6. The molecule has 4 rings (SSSR count). The lowest BCUT2D eigenvalue weighted by Gasteiger charge is -2.53. The highest BCUT2D eigenvalue weighted by molar-refractivity contribution is 7.58. The third-order valence-electron chi connectivity index (χ3n) is 9.00. The van der Waals surface area contributed by atoms with Crippen molar-refractivity contribution in [1.29, 1.82) is 0 Å². The van der Waals surface area contributed by atoms with Gasteiger partial charge >= 0.3 is 7.59 Å². The topological polar surface area (TPSA) is 220 Å². The summed E-state index contributed by atoms with van der Waals surface area (Å²) in [5.74, 6) is -8.77. The number of nitrogens with one attached hydrogen (secondary N) is 2. The van der Waals surface area contributed by atoms with E-state index in [9.17, 15) is 49.6 Å². The Morgan fingerprint density at radius 1 is 1.11 bits per heavy atom. The summed E-state index contributed by atoms with van der Waals surface area (Å²) < 4.78 is 15.4. The number of phenolic OH excluding ortho intramolecular Hbond substituents is 1. The van der Waals surface area contributed by atoms with Crippen LogP contribution in [-0.4, -0.2) is 121 Å². The number of Topliss-reactive ketones (excluding diaryl/α,β-unsaturated/α-hetero) is 2. The fourth-order valence-corrected chi connectivity index (χ4v) is 9.46. The van der Waals surface area contributed by atoms with Crippen LogP contribution in [0.4, 0.5) is 0 Å². The van der Waals surface area contributed by atoms with Crippen LogP contribution < -0.4 is 10.2 Å². The molecule has 17 heteroatoms. The van der Waals surface area contributed by atoms with Gasteiger partial charge in [0, 0.05) is 55.4 Å². The molecule has 1 aromatic carbocycles. The van der Waals surface area contributed by atoms with Crippen molar-refractivity contribution in [2.75, 3.05) is 52.1 Å². The highest BCUT2D eigenvalue weighted by Gasteiger charge is 2.66. The number of fused-ring (bicyclic) bond motifs is 3. The molecule has 1 fully saturated rings. The number of aromatic hydroxyl groups is 1. The fourth-order valence-electron chi connectivity index (χ4n) is 6.78. The highest BCUT2D eigenvalue weighted by Crippen LogP contribution is 2.57. The zero-order valence-electron chi connectivity index (χ0n) is 25.5. The number of benzene rings is 1. The first-order chi connectivity index (χ1) is 21.5. The number of halogens is 2. The van der Waals surface area contributed by atoms with Crippen LogP contribution in [0.3, 0.4) is 0 Å². The van der Waals surface area contributed by atoms with Gasteiger partial charge in [-0.1, -0.05) is 12.1 Å². The molecule has 0 aliphatic heterocycles. The van der Waals surface area contributed by atoms with Crippen LogP contribution in [0, 0.1) is 11.8 Å². The van der Waals surface area contributed by atoms with Gasteiger partial charge in [0.05, 0.1) is 17.2 Å². The van der Waals surface area contributed by atoms with Crippen molar-refractivity contribution in [3.8, 4) is 5.75 Å². The first kappa shape index (κ1) is 36.3. The van der Waals surface area contributed by atoms with Gasteiger partial charge in [-0.05, 0) is 45.5 Å². The molecule has 1 saturated carbocycles. The Balaban J connectivity index is 1.89. The molecule has 0 heterocycles. The molecule has 1 aromatic rings. The molecule has 254 valence electrons. The summed E-state index contributed by atoms with van der Waals surface area (Å²) in [6.45, 7) is 1.02. The van der Waals surface area contributed by atoms with Crippen molar-refractivity contribution in [3.05, 3.63) is 46.2 Å². The third-order valence-corrected chi connectivity index (χ3v) is 11.7. The molecular formula is C29H39Cl2N4O10P. The molecule has 0 saturated heterocycles. The number of phenols is 1. The molecule has 0 bridgehead atoms. The molecule has 3 aliphatic rings. The molecule has 3 aliphatic carbocycles. The number of ketones is 2. The summed E-state index contributed by atoms with van der Waals surface area (Å²) in [7, 11) is -1.24. The Kier molecular flexibility index (Phi) is 10.7. The van der Waals surface area contributed by atoms with Gasteiger partial charge in [-0.15, -0.1) is 23.2 Å². The Labute approximate surface area is 275 Å². The molecule has 6 atom stereocenters. The number of amides is 1. The molecule has 14 nitrogen and oxygen atoms in total. The maximum absolute atomic E-state index is 14.3. The maximum Gasteiger partial charge on any atom is 0.308 e. The van der Waals surface area contributed by atoms with Crippen LogP contribution in [0.1, 0.15) is 30.9 Å². The number of carbonyl (C=O) groups excluding carboxylic acids is 3. The number of nitrogens with zero attached hydrogens (tertiary/aromatic N) is 2. The minimum absolute atomic E-state index is 0.0217. The lowest BCUT2D eigenvalue weighted by atomic mass is 9.54. The number of alkyl halides is 2. The van der Waals surface area contributed by atoms with Gasteiger partial charge in [-0.2, -0.15) is 0 Å². The van der Waals surface area contributed by atoms with Gasteiger partial charge in [0.1, 0.15) is 22.8 Å². The second-order valence-electron chi connectivity index (χ2n) is 11.9. The Hall–Kier alpha value is -2.52. The summed E-state index contributed by atoms with van der Waals surface area (Å²) in [6.07, 6.45) is -0.166. The van der Waals surface area contributed by atoms with E-state index >= 15 is 0 Å². The van der Waals surface area contributed by atoms with E-state index in [1.54, 1.807) is 0 Å². The summed E-state index contributed by atoms with van der Waals surface area (Å²) in [4.78, 5) is 43.5. The van der Waals surface area contributed by atoms with Crippen molar-refractivity contribution in [2.24, 2.45) is 11.8 Å². The average molecular weight is 706 g/mol. The second kappa shape index (κ2) is 13.5. The van der Waals surface area contributed by atoms with Crippen LogP contribution in [0.5, 0.6) is 5.75 Å². The second-order valence-corrected chi connectivity index (χ2v) is 14.9. The zero-order chi connectivity index (χ0) is 34.4. The SMILES string of the molecule is CN(C)[C@@H]1C(=O)C(C(=O)N[P@@](=O)(NCCCO)N(CCCl)CCCl)=C(O)[C@@]2(O)C(=O)C3=C(O)c4c(O)cccc4[C@@](C)(O)[C@H]3C[C@@H]12. The largest absolute Gasteiger partial charge is 0.508 e.